The summed E-state index contributed by atoms with van der Waals surface area (Å²) >= 11 is 1.19. The molecule has 0 atom stereocenters. The molecule has 3 aromatic rings. The molecule has 0 radical (unpaired) electrons. The number of hydrogen-bond donors (Lipinski definition) is 2. The largest absolute Gasteiger partial charge is 0.349 e. The van der Waals surface area contributed by atoms with Crippen LogP contribution in [-0.4, -0.2) is 32.8 Å². The predicted octanol–water partition coefficient (Wildman–Crippen LogP) is 4.03. The van der Waals surface area contributed by atoms with E-state index in [2.05, 4.69) is 10.6 Å². The normalized spacial score (nSPS) is 15.6. The Kier molecular flexibility index (Phi) is 5.67. The van der Waals surface area contributed by atoms with Crippen LogP contribution < -0.4 is 14.9 Å². The van der Waals surface area contributed by atoms with E-state index >= 15 is 0 Å². The van der Waals surface area contributed by atoms with E-state index in [1.54, 1.807) is 24.3 Å². The van der Waals surface area contributed by atoms with Gasteiger partial charge in [0.15, 0.2) is 0 Å². The van der Waals surface area contributed by atoms with Gasteiger partial charge in [-0.3, -0.25) is 13.9 Å². The number of aryl methyl sites for hydroxylation is 1. The first kappa shape index (κ1) is 21.7. The summed E-state index contributed by atoms with van der Waals surface area (Å²) < 4.78 is 28.2. The minimum absolute atomic E-state index is 0.0718. The standard InChI is InChI=1S/C24H23N3O4S2/c28-23(26-22-13-12-21(32-22)24(29)25-18-10-11-18)17-6-3-8-19(15-17)33(30,31)27-14-4-7-16-5-1-2-9-20(16)27/h1-3,5-6,8-9,12-13,15,18H,4,7,10-11,14H2,(H,25,29)(H,26,28). The van der Waals surface area contributed by atoms with Crippen molar-refractivity contribution in [1.82, 2.24) is 5.32 Å². The van der Waals surface area contributed by atoms with E-state index in [0.29, 0.717) is 22.1 Å². The number of carbonyl (C=O) groups excluding carboxylic acids is 2. The number of anilines is 2. The third-order valence-electron chi connectivity index (χ3n) is 5.73. The Morgan fingerprint density at radius 3 is 2.61 bits per heavy atom. The number of amides is 2. The molecule has 5 rings (SSSR count). The zero-order valence-electron chi connectivity index (χ0n) is 17.8. The molecule has 33 heavy (non-hydrogen) atoms. The fraction of sp³-hybridized carbons (Fsp3) is 0.250. The van der Waals surface area contributed by atoms with Crippen LogP contribution in [-0.2, 0) is 16.4 Å². The van der Waals surface area contributed by atoms with Gasteiger partial charge in [0.1, 0.15) is 0 Å². The highest BCUT2D eigenvalue weighted by molar-refractivity contribution is 7.92. The smallest absolute Gasteiger partial charge is 0.264 e. The topological polar surface area (TPSA) is 95.6 Å². The molecule has 0 unspecified atom stereocenters. The molecule has 2 N–H and O–H groups in total. The van der Waals surface area contributed by atoms with Gasteiger partial charge in [0.25, 0.3) is 21.8 Å². The number of benzene rings is 2. The van der Waals surface area contributed by atoms with Crippen molar-refractivity contribution in [1.29, 1.82) is 0 Å². The van der Waals surface area contributed by atoms with E-state index in [1.165, 1.54) is 27.8 Å². The molecular weight excluding hydrogens is 458 g/mol. The molecule has 0 spiro atoms. The summed E-state index contributed by atoms with van der Waals surface area (Å²) in [5, 5.41) is 6.21. The highest BCUT2D eigenvalue weighted by Crippen LogP contribution is 2.32. The molecule has 1 aliphatic heterocycles. The molecule has 0 saturated heterocycles. The first-order valence-electron chi connectivity index (χ1n) is 10.8. The summed E-state index contributed by atoms with van der Waals surface area (Å²) in [6, 6.07) is 17.2. The molecule has 1 aromatic heterocycles. The number of thiophene rings is 1. The number of fused-ring (bicyclic) bond motifs is 1. The molecule has 1 aliphatic carbocycles. The lowest BCUT2D eigenvalue weighted by Crippen LogP contribution is -2.35. The van der Waals surface area contributed by atoms with Crippen molar-refractivity contribution < 1.29 is 18.0 Å². The number of sulfonamides is 1. The molecule has 0 bridgehead atoms. The summed E-state index contributed by atoms with van der Waals surface area (Å²) in [6.07, 6.45) is 3.59. The Hall–Kier alpha value is -3.17. The van der Waals surface area contributed by atoms with Crippen LogP contribution in [0.15, 0.2) is 65.6 Å². The van der Waals surface area contributed by atoms with Gasteiger partial charge in [-0.1, -0.05) is 24.3 Å². The first-order chi connectivity index (χ1) is 15.9. The monoisotopic (exact) mass is 481 g/mol. The van der Waals surface area contributed by atoms with E-state index in [4.69, 9.17) is 0 Å². The lowest BCUT2D eigenvalue weighted by atomic mass is 10.0. The average molecular weight is 482 g/mol. The molecule has 9 heteroatoms. The van der Waals surface area contributed by atoms with Crippen LogP contribution in [0.5, 0.6) is 0 Å². The van der Waals surface area contributed by atoms with Crippen LogP contribution in [0.4, 0.5) is 10.7 Å². The van der Waals surface area contributed by atoms with Crippen molar-refractivity contribution in [2.45, 2.75) is 36.6 Å². The van der Waals surface area contributed by atoms with Crippen molar-refractivity contribution in [2.75, 3.05) is 16.2 Å². The molecule has 170 valence electrons. The quantitative estimate of drug-likeness (QED) is 0.556. The van der Waals surface area contributed by atoms with Gasteiger partial charge < -0.3 is 10.6 Å². The van der Waals surface area contributed by atoms with Gasteiger partial charge in [-0.2, -0.15) is 0 Å². The minimum atomic E-state index is -3.81. The second kappa shape index (κ2) is 8.64. The maximum absolute atomic E-state index is 13.4. The van der Waals surface area contributed by atoms with Gasteiger partial charge >= 0.3 is 0 Å². The van der Waals surface area contributed by atoms with E-state index < -0.39 is 15.9 Å². The SMILES string of the molecule is O=C(Nc1ccc(C(=O)NC2CC2)s1)c1cccc(S(=O)(=O)N2CCCc3ccccc32)c1. The fourth-order valence-corrected chi connectivity index (χ4v) is 6.26. The summed E-state index contributed by atoms with van der Waals surface area (Å²) in [7, 11) is -3.81. The zero-order valence-corrected chi connectivity index (χ0v) is 19.4. The summed E-state index contributed by atoms with van der Waals surface area (Å²) in [5.41, 5.74) is 1.92. The van der Waals surface area contributed by atoms with Gasteiger partial charge in [-0.25, -0.2) is 8.42 Å². The highest BCUT2D eigenvalue weighted by atomic mass is 32.2. The predicted molar refractivity (Wildman–Crippen MR) is 128 cm³/mol. The Labute approximate surface area is 196 Å². The summed E-state index contributed by atoms with van der Waals surface area (Å²) in [5.74, 6) is -0.569. The number of nitrogens with zero attached hydrogens (tertiary/aromatic N) is 1. The molecule has 2 aromatic carbocycles. The molecular formula is C24H23N3O4S2. The fourth-order valence-electron chi connectivity index (χ4n) is 3.87. The Morgan fingerprint density at radius 1 is 0.970 bits per heavy atom. The number of nitrogens with one attached hydrogen (secondary N) is 2. The van der Waals surface area contributed by atoms with Crippen LogP contribution in [0.2, 0.25) is 0 Å². The van der Waals surface area contributed by atoms with E-state index in [0.717, 1.165) is 31.2 Å². The summed E-state index contributed by atoms with van der Waals surface area (Å²) in [6.45, 7) is 0.399. The van der Waals surface area contributed by atoms with Crippen molar-refractivity contribution in [3.05, 3.63) is 76.7 Å². The van der Waals surface area contributed by atoms with Crippen molar-refractivity contribution in [2.24, 2.45) is 0 Å². The number of carbonyl (C=O) groups is 2. The van der Waals surface area contributed by atoms with Gasteiger partial charge in [0.2, 0.25) is 0 Å². The third kappa shape index (κ3) is 4.51. The van der Waals surface area contributed by atoms with Gasteiger partial charge in [-0.15, -0.1) is 11.3 Å². The van der Waals surface area contributed by atoms with Gasteiger partial charge in [0, 0.05) is 18.2 Å². The maximum atomic E-state index is 13.4. The van der Waals surface area contributed by atoms with Crippen molar-refractivity contribution in [3.63, 3.8) is 0 Å². The second-order valence-electron chi connectivity index (χ2n) is 8.20. The average Bonchev–Trinajstić information content (AvgIpc) is 3.52. The molecule has 2 heterocycles. The Balaban J connectivity index is 1.34. The molecule has 1 saturated carbocycles. The summed E-state index contributed by atoms with van der Waals surface area (Å²) in [4.78, 5) is 25.6. The van der Waals surface area contributed by atoms with Crippen molar-refractivity contribution in [3.8, 4) is 0 Å². The van der Waals surface area contributed by atoms with Crippen LogP contribution in [0.25, 0.3) is 0 Å². The number of rotatable bonds is 6. The zero-order chi connectivity index (χ0) is 23.0. The molecule has 2 aliphatic rings. The molecule has 7 nitrogen and oxygen atoms in total. The Morgan fingerprint density at radius 2 is 1.79 bits per heavy atom. The number of hydrogen-bond acceptors (Lipinski definition) is 5. The maximum Gasteiger partial charge on any atom is 0.264 e. The lowest BCUT2D eigenvalue weighted by molar-refractivity contribution is 0.0954. The van der Waals surface area contributed by atoms with Crippen LogP contribution >= 0.6 is 11.3 Å². The van der Waals surface area contributed by atoms with Gasteiger partial charge in [0.05, 0.1) is 20.5 Å². The molecule has 2 amide bonds. The third-order valence-corrected chi connectivity index (χ3v) is 8.54. The van der Waals surface area contributed by atoms with Crippen molar-refractivity contribution >= 4 is 43.9 Å². The van der Waals surface area contributed by atoms with E-state index in [9.17, 15) is 18.0 Å². The van der Waals surface area contributed by atoms with Crippen LogP contribution in [0.3, 0.4) is 0 Å². The Bertz CT molecular complexity index is 1330. The van der Waals surface area contributed by atoms with E-state index in [-0.39, 0.29) is 22.4 Å². The second-order valence-corrected chi connectivity index (χ2v) is 11.1. The van der Waals surface area contributed by atoms with E-state index in [1.807, 2.05) is 24.3 Å². The molecule has 1 fully saturated rings. The van der Waals surface area contributed by atoms with Gasteiger partial charge in [-0.05, 0) is 67.6 Å². The number of para-hydroxylation sites is 1. The van der Waals surface area contributed by atoms with Crippen LogP contribution in [0, 0.1) is 0 Å². The highest BCUT2D eigenvalue weighted by Gasteiger charge is 2.29. The first-order valence-corrected chi connectivity index (χ1v) is 13.1. The van der Waals surface area contributed by atoms with Crippen LogP contribution in [0.1, 0.15) is 44.9 Å². The minimum Gasteiger partial charge on any atom is -0.349 e. The lowest BCUT2D eigenvalue weighted by Gasteiger charge is -2.30.